The molecule has 1 aromatic heterocycles. The number of carbonyl (C=O) groups is 1. The Kier molecular flexibility index (Phi) is 5.07. The second-order valence-electron chi connectivity index (χ2n) is 5.05. The lowest BCUT2D eigenvalue weighted by molar-refractivity contribution is 0.102. The highest BCUT2D eigenvalue weighted by Crippen LogP contribution is 2.25. The zero-order valence-electron chi connectivity index (χ0n) is 12.9. The smallest absolute Gasteiger partial charge is 0.255 e. The predicted molar refractivity (Wildman–Crippen MR) is 93.9 cm³/mol. The Labute approximate surface area is 148 Å². The van der Waals surface area contributed by atoms with Crippen LogP contribution in [0.25, 0.3) is 0 Å². The van der Waals surface area contributed by atoms with Gasteiger partial charge in [-0.2, -0.15) is 5.26 Å². The molecule has 0 saturated heterocycles. The van der Waals surface area contributed by atoms with Crippen LogP contribution in [0.2, 0.25) is 0 Å². The molecule has 3 aromatic rings. The molecular weight excluding hydrogens is 337 g/mol. The van der Waals surface area contributed by atoms with Crippen LogP contribution in [-0.4, -0.2) is 10.9 Å². The summed E-state index contributed by atoms with van der Waals surface area (Å²) in [6.45, 7) is 0. The van der Waals surface area contributed by atoms with Crippen molar-refractivity contribution in [1.29, 1.82) is 5.26 Å². The molecule has 0 bridgehead atoms. The van der Waals surface area contributed by atoms with E-state index in [4.69, 9.17) is 5.26 Å². The molecule has 3 rings (SSSR count). The number of hydrogen-bond donors (Lipinski definition) is 1. The van der Waals surface area contributed by atoms with Gasteiger partial charge in [0.25, 0.3) is 5.91 Å². The summed E-state index contributed by atoms with van der Waals surface area (Å²) >= 11 is 1.50. The van der Waals surface area contributed by atoms with Crippen molar-refractivity contribution in [2.24, 2.45) is 0 Å². The van der Waals surface area contributed by atoms with Crippen molar-refractivity contribution in [2.75, 3.05) is 5.32 Å². The van der Waals surface area contributed by atoms with Crippen molar-refractivity contribution in [3.63, 3.8) is 0 Å². The summed E-state index contributed by atoms with van der Waals surface area (Å²) in [6, 6.07) is 18.4. The molecule has 0 unspecified atom stereocenters. The van der Waals surface area contributed by atoms with E-state index in [0.717, 1.165) is 16.0 Å². The second-order valence-corrected chi connectivity index (χ2v) is 6.15. The molecular formula is C19H12FN3OS. The van der Waals surface area contributed by atoms with Crippen LogP contribution in [0.1, 0.15) is 15.9 Å². The van der Waals surface area contributed by atoms with Crippen LogP contribution in [0.3, 0.4) is 0 Å². The maximum Gasteiger partial charge on any atom is 0.255 e. The van der Waals surface area contributed by atoms with E-state index < -0.39 is 5.82 Å². The highest BCUT2D eigenvalue weighted by atomic mass is 32.2. The number of pyridine rings is 1. The maximum absolute atomic E-state index is 13.3. The van der Waals surface area contributed by atoms with Crippen LogP contribution in [0.4, 0.5) is 10.1 Å². The number of aromatic nitrogens is 1. The van der Waals surface area contributed by atoms with E-state index in [0.29, 0.717) is 11.3 Å². The van der Waals surface area contributed by atoms with E-state index in [1.807, 2.05) is 30.3 Å². The minimum absolute atomic E-state index is 0.111. The monoisotopic (exact) mass is 349 g/mol. The summed E-state index contributed by atoms with van der Waals surface area (Å²) in [5.74, 6) is -0.943. The fourth-order valence-electron chi connectivity index (χ4n) is 2.09. The number of benzene rings is 2. The summed E-state index contributed by atoms with van der Waals surface area (Å²) in [5.41, 5.74) is 0.725. The van der Waals surface area contributed by atoms with Crippen molar-refractivity contribution in [3.8, 4) is 6.07 Å². The van der Waals surface area contributed by atoms with E-state index in [9.17, 15) is 9.18 Å². The Hall–Kier alpha value is -3.17. The van der Waals surface area contributed by atoms with Crippen LogP contribution < -0.4 is 5.32 Å². The summed E-state index contributed by atoms with van der Waals surface area (Å²) in [4.78, 5) is 17.5. The summed E-state index contributed by atoms with van der Waals surface area (Å²) in [5, 5.41) is 12.4. The molecule has 2 aromatic carbocycles. The van der Waals surface area contributed by atoms with E-state index in [-0.39, 0.29) is 11.5 Å². The summed E-state index contributed by atoms with van der Waals surface area (Å²) < 4.78 is 13.3. The first-order chi connectivity index (χ1) is 12.2. The molecule has 0 aliphatic heterocycles. The maximum atomic E-state index is 13.3. The van der Waals surface area contributed by atoms with Gasteiger partial charge in [-0.25, -0.2) is 9.37 Å². The van der Waals surface area contributed by atoms with Gasteiger partial charge in [0.15, 0.2) is 0 Å². The molecule has 6 heteroatoms. The van der Waals surface area contributed by atoms with Crippen molar-refractivity contribution in [3.05, 3.63) is 83.8 Å². The molecule has 0 aliphatic rings. The topological polar surface area (TPSA) is 65.8 Å². The van der Waals surface area contributed by atoms with E-state index >= 15 is 0 Å². The first-order valence-electron chi connectivity index (χ1n) is 7.35. The first-order valence-corrected chi connectivity index (χ1v) is 8.17. The van der Waals surface area contributed by atoms with Gasteiger partial charge in [0.1, 0.15) is 16.9 Å². The van der Waals surface area contributed by atoms with E-state index in [2.05, 4.69) is 10.3 Å². The molecule has 0 aliphatic carbocycles. The molecule has 1 N–H and O–H groups in total. The molecule has 0 spiro atoms. The number of hydrogen-bond acceptors (Lipinski definition) is 4. The standard InChI is InChI=1S/C19H12FN3OS/c20-17-9-6-15(11-14(17)12-21)23-19(24)13-4-7-16(8-5-13)25-18-3-1-2-10-22-18/h1-11H,(H,23,24). The lowest BCUT2D eigenvalue weighted by Crippen LogP contribution is -2.12. The zero-order chi connectivity index (χ0) is 17.6. The third kappa shape index (κ3) is 4.22. The fraction of sp³-hybridized carbons (Fsp3) is 0. The third-order valence-corrected chi connectivity index (χ3v) is 4.28. The summed E-state index contributed by atoms with van der Waals surface area (Å²) in [6.07, 6.45) is 1.72. The lowest BCUT2D eigenvalue weighted by atomic mass is 10.2. The normalized spacial score (nSPS) is 10.1. The van der Waals surface area contributed by atoms with Gasteiger partial charge in [-0.1, -0.05) is 17.8 Å². The van der Waals surface area contributed by atoms with Crippen LogP contribution >= 0.6 is 11.8 Å². The Morgan fingerprint density at radius 3 is 2.60 bits per heavy atom. The summed E-state index contributed by atoms with van der Waals surface area (Å²) in [7, 11) is 0. The molecule has 0 fully saturated rings. The SMILES string of the molecule is N#Cc1cc(NC(=O)c2ccc(Sc3ccccn3)cc2)ccc1F. The number of rotatable bonds is 4. The highest BCUT2D eigenvalue weighted by Gasteiger charge is 2.09. The molecule has 1 amide bonds. The van der Waals surface area contributed by atoms with Gasteiger partial charge in [-0.05, 0) is 54.6 Å². The van der Waals surface area contributed by atoms with E-state index in [1.54, 1.807) is 24.4 Å². The molecule has 4 nitrogen and oxygen atoms in total. The lowest BCUT2D eigenvalue weighted by Gasteiger charge is -2.07. The number of anilines is 1. The van der Waals surface area contributed by atoms with Crippen molar-refractivity contribution >= 4 is 23.4 Å². The van der Waals surface area contributed by atoms with Gasteiger partial charge in [0.2, 0.25) is 0 Å². The molecule has 1 heterocycles. The Balaban J connectivity index is 1.70. The minimum Gasteiger partial charge on any atom is -0.322 e. The third-order valence-electron chi connectivity index (χ3n) is 3.32. The highest BCUT2D eigenvalue weighted by molar-refractivity contribution is 7.99. The molecule has 0 atom stereocenters. The Morgan fingerprint density at radius 1 is 1.12 bits per heavy atom. The average molecular weight is 349 g/mol. The van der Waals surface area contributed by atoms with Gasteiger partial charge in [-0.3, -0.25) is 4.79 Å². The van der Waals surface area contributed by atoms with Crippen molar-refractivity contribution in [1.82, 2.24) is 4.98 Å². The van der Waals surface area contributed by atoms with Crippen LogP contribution in [0.5, 0.6) is 0 Å². The van der Waals surface area contributed by atoms with E-state index in [1.165, 1.54) is 23.9 Å². The minimum atomic E-state index is -0.614. The van der Waals surface area contributed by atoms with Crippen LogP contribution in [0.15, 0.2) is 76.8 Å². The molecule has 122 valence electrons. The number of carbonyl (C=O) groups excluding carboxylic acids is 1. The average Bonchev–Trinajstić information content (AvgIpc) is 2.64. The zero-order valence-corrected chi connectivity index (χ0v) is 13.8. The quantitative estimate of drug-likeness (QED) is 0.753. The van der Waals surface area contributed by atoms with Crippen LogP contribution in [-0.2, 0) is 0 Å². The predicted octanol–water partition coefficient (Wildman–Crippen LogP) is 4.50. The largest absolute Gasteiger partial charge is 0.322 e. The van der Waals surface area contributed by atoms with Crippen LogP contribution in [0, 0.1) is 17.1 Å². The van der Waals surface area contributed by atoms with Gasteiger partial charge in [0, 0.05) is 22.3 Å². The molecule has 25 heavy (non-hydrogen) atoms. The van der Waals surface area contributed by atoms with Crippen molar-refractivity contribution in [2.45, 2.75) is 9.92 Å². The number of nitrogens with zero attached hydrogens (tertiary/aromatic N) is 2. The Bertz CT molecular complexity index is 937. The van der Waals surface area contributed by atoms with Gasteiger partial charge >= 0.3 is 0 Å². The second kappa shape index (κ2) is 7.60. The molecule has 0 saturated carbocycles. The number of amides is 1. The number of nitrogens with one attached hydrogen (secondary N) is 1. The van der Waals surface area contributed by atoms with Gasteiger partial charge in [-0.15, -0.1) is 0 Å². The molecule has 0 radical (unpaired) electrons. The number of halogens is 1. The fourth-order valence-corrected chi connectivity index (χ4v) is 2.87. The first kappa shape index (κ1) is 16.7. The Morgan fingerprint density at radius 2 is 1.92 bits per heavy atom. The van der Waals surface area contributed by atoms with Crippen molar-refractivity contribution < 1.29 is 9.18 Å². The van der Waals surface area contributed by atoms with Gasteiger partial charge < -0.3 is 5.32 Å². The van der Waals surface area contributed by atoms with Gasteiger partial charge in [0.05, 0.1) is 5.56 Å². The number of nitriles is 1.